The van der Waals surface area contributed by atoms with Crippen LogP contribution in [0.2, 0.25) is 0 Å². The fourth-order valence-electron chi connectivity index (χ4n) is 8.96. The summed E-state index contributed by atoms with van der Waals surface area (Å²) >= 11 is 0. The molecule has 0 aromatic rings. The molecule has 2 saturated heterocycles. The van der Waals surface area contributed by atoms with E-state index < -0.39 is 5.79 Å². The van der Waals surface area contributed by atoms with Gasteiger partial charge in [0, 0.05) is 18.8 Å². The van der Waals surface area contributed by atoms with E-state index in [2.05, 4.69) is 26.8 Å². The van der Waals surface area contributed by atoms with E-state index in [0.29, 0.717) is 25.0 Å². The average molecular weight is 417 g/mol. The van der Waals surface area contributed by atoms with Gasteiger partial charge in [-0.25, -0.2) is 0 Å². The summed E-state index contributed by atoms with van der Waals surface area (Å²) in [5.74, 6) is 1.37. The lowest BCUT2D eigenvalue weighted by Gasteiger charge is -2.59. The number of epoxide rings is 1. The number of rotatable bonds is 2. The van der Waals surface area contributed by atoms with E-state index in [-0.39, 0.29) is 34.6 Å². The van der Waals surface area contributed by atoms with E-state index in [1.54, 1.807) is 5.57 Å². The molecule has 3 saturated carbocycles. The Morgan fingerprint density at radius 3 is 2.60 bits per heavy atom. The van der Waals surface area contributed by atoms with Crippen molar-refractivity contribution in [3.63, 3.8) is 0 Å². The Labute approximate surface area is 179 Å². The fraction of sp³-hybridized carbons (Fsp3) is 0.880. The fourth-order valence-corrected chi connectivity index (χ4v) is 8.96. The summed E-state index contributed by atoms with van der Waals surface area (Å²) in [5.41, 5.74) is 1.67. The number of ether oxygens (including phenoxy) is 4. The van der Waals surface area contributed by atoms with Crippen LogP contribution >= 0.6 is 0 Å². The number of carbonyl (C=O) groups excluding carboxylic acids is 1. The Kier molecular flexibility index (Phi) is 4.02. The van der Waals surface area contributed by atoms with Crippen molar-refractivity contribution in [3.05, 3.63) is 11.6 Å². The van der Waals surface area contributed by atoms with Gasteiger partial charge >= 0.3 is 5.97 Å². The maximum Gasteiger partial charge on any atom is 0.302 e. The van der Waals surface area contributed by atoms with Crippen LogP contribution < -0.4 is 0 Å². The van der Waals surface area contributed by atoms with Gasteiger partial charge in [0.2, 0.25) is 0 Å². The summed E-state index contributed by atoms with van der Waals surface area (Å²) in [6.07, 6.45) is 10.7. The van der Waals surface area contributed by atoms with Gasteiger partial charge in [-0.1, -0.05) is 25.5 Å². The molecular formula is C25H36O5. The van der Waals surface area contributed by atoms with Crippen molar-refractivity contribution in [2.24, 2.45) is 28.6 Å². The molecule has 5 fully saturated rings. The summed E-state index contributed by atoms with van der Waals surface area (Å²) in [7, 11) is 0. The molecule has 0 radical (unpaired) electrons. The molecule has 8 atom stereocenters. The van der Waals surface area contributed by atoms with Crippen LogP contribution in [-0.4, -0.2) is 42.8 Å². The first-order chi connectivity index (χ1) is 14.2. The molecular weight excluding hydrogens is 380 g/mol. The third-order valence-corrected chi connectivity index (χ3v) is 10.3. The minimum absolute atomic E-state index is 0.0691. The smallest absolute Gasteiger partial charge is 0.302 e. The topological polar surface area (TPSA) is 57.3 Å². The first-order valence-electron chi connectivity index (χ1n) is 12.1. The molecule has 0 unspecified atom stereocenters. The summed E-state index contributed by atoms with van der Waals surface area (Å²) < 4.78 is 24.4. The predicted molar refractivity (Wildman–Crippen MR) is 111 cm³/mol. The molecule has 0 N–H and O–H groups in total. The third-order valence-electron chi connectivity index (χ3n) is 10.3. The Morgan fingerprint density at radius 2 is 1.87 bits per heavy atom. The van der Waals surface area contributed by atoms with Crippen LogP contribution in [0.4, 0.5) is 0 Å². The summed E-state index contributed by atoms with van der Waals surface area (Å²) in [6, 6.07) is 0. The molecule has 0 amide bonds. The Hall–Kier alpha value is -0.910. The van der Waals surface area contributed by atoms with Gasteiger partial charge in [0.25, 0.3) is 0 Å². The molecule has 166 valence electrons. The molecule has 5 nitrogen and oxygen atoms in total. The zero-order valence-corrected chi connectivity index (χ0v) is 18.9. The van der Waals surface area contributed by atoms with Crippen molar-refractivity contribution in [2.75, 3.05) is 13.2 Å². The van der Waals surface area contributed by atoms with E-state index in [4.69, 9.17) is 18.9 Å². The largest absolute Gasteiger partial charge is 0.462 e. The number of carbonyl (C=O) groups is 1. The van der Waals surface area contributed by atoms with Crippen LogP contribution in [0.25, 0.3) is 0 Å². The second kappa shape index (κ2) is 6.11. The summed E-state index contributed by atoms with van der Waals surface area (Å²) in [6.45, 7) is 9.97. The van der Waals surface area contributed by atoms with Crippen molar-refractivity contribution in [1.82, 2.24) is 0 Å². The van der Waals surface area contributed by atoms with Gasteiger partial charge in [-0.15, -0.1) is 0 Å². The molecule has 0 bridgehead atoms. The molecule has 2 heterocycles. The lowest BCUT2D eigenvalue weighted by molar-refractivity contribution is -0.234. The lowest BCUT2D eigenvalue weighted by Crippen LogP contribution is -2.59. The highest BCUT2D eigenvalue weighted by Gasteiger charge is 2.84. The van der Waals surface area contributed by atoms with Gasteiger partial charge in [-0.2, -0.15) is 0 Å². The lowest BCUT2D eigenvalue weighted by atomic mass is 9.46. The van der Waals surface area contributed by atoms with Crippen LogP contribution in [0, 0.1) is 28.6 Å². The van der Waals surface area contributed by atoms with E-state index >= 15 is 0 Å². The SMILES string of the molecule is CC(=O)O[C@@H]1CC[C@]2(C)C(=CC[C@@H]3[C@@H]2CC[C@]2(C)[C@H]3C[C@H]3O[C@]32C2(C)OCCO2)C1. The maximum absolute atomic E-state index is 11.5. The second-order valence-corrected chi connectivity index (χ2v) is 11.4. The van der Waals surface area contributed by atoms with Crippen LogP contribution in [0.5, 0.6) is 0 Å². The molecule has 4 aliphatic carbocycles. The van der Waals surface area contributed by atoms with Gasteiger partial charge < -0.3 is 18.9 Å². The Morgan fingerprint density at radius 1 is 1.10 bits per heavy atom. The van der Waals surface area contributed by atoms with Crippen molar-refractivity contribution < 1.29 is 23.7 Å². The van der Waals surface area contributed by atoms with Gasteiger partial charge in [-0.3, -0.25) is 4.79 Å². The standard InChI is InChI=1S/C25H36O5/c1-15(26)29-17-7-9-22(2)16(13-17)5-6-18-19(22)8-10-23(3)20(18)14-21-25(23,30-21)24(4)27-11-12-28-24/h5,17-21H,6-14H2,1-4H3/t17-,18-,19+,20+,21-,22-,23-,25-/m1/s1. The number of hydrogen-bond donors (Lipinski definition) is 0. The van der Waals surface area contributed by atoms with E-state index in [0.717, 1.165) is 38.0 Å². The quantitative estimate of drug-likeness (QED) is 0.380. The second-order valence-electron chi connectivity index (χ2n) is 11.4. The van der Waals surface area contributed by atoms with Crippen LogP contribution in [-0.2, 0) is 23.7 Å². The van der Waals surface area contributed by atoms with Gasteiger partial charge in [0.1, 0.15) is 6.10 Å². The molecule has 0 spiro atoms. The number of hydrogen-bond acceptors (Lipinski definition) is 5. The number of fused-ring (bicyclic) bond motifs is 7. The van der Waals surface area contributed by atoms with Gasteiger partial charge in [0.05, 0.1) is 19.3 Å². The van der Waals surface area contributed by atoms with Crippen molar-refractivity contribution >= 4 is 5.97 Å². The molecule has 0 aromatic carbocycles. The zero-order chi connectivity index (χ0) is 20.9. The number of allylic oxidation sites excluding steroid dienone is 1. The Bertz CT molecular complexity index is 799. The minimum atomic E-state index is -0.588. The van der Waals surface area contributed by atoms with E-state index in [1.807, 2.05) is 0 Å². The predicted octanol–water partition coefficient (Wildman–Crippen LogP) is 4.39. The Balaban J connectivity index is 1.29. The zero-order valence-electron chi connectivity index (χ0n) is 18.9. The molecule has 0 aromatic heterocycles. The van der Waals surface area contributed by atoms with Crippen LogP contribution in [0.15, 0.2) is 11.6 Å². The first kappa shape index (κ1) is 19.8. The molecule has 2 aliphatic heterocycles. The highest BCUT2D eigenvalue weighted by molar-refractivity contribution is 5.66. The summed E-state index contributed by atoms with van der Waals surface area (Å²) in [4.78, 5) is 11.5. The minimum Gasteiger partial charge on any atom is -0.462 e. The van der Waals surface area contributed by atoms with E-state index in [1.165, 1.54) is 19.8 Å². The normalized spacial score (nSPS) is 53.1. The van der Waals surface area contributed by atoms with Crippen LogP contribution in [0.3, 0.4) is 0 Å². The first-order valence-corrected chi connectivity index (χ1v) is 12.1. The molecule has 6 rings (SSSR count). The number of esters is 1. The van der Waals surface area contributed by atoms with Crippen molar-refractivity contribution in [3.8, 4) is 0 Å². The van der Waals surface area contributed by atoms with Gasteiger partial charge in [-0.05, 0) is 68.6 Å². The van der Waals surface area contributed by atoms with Crippen molar-refractivity contribution in [1.29, 1.82) is 0 Å². The van der Waals surface area contributed by atoms with Gasteiger partial charge in [0.15, 0.2) is 11.4 Å². The monoisotopic (exact) mass is 416 g/mol. The van der Waals surface area contributed by atoms with Crippen molar-refractivity contribution in [2.45, 2.75) is 96.2 Å². The highest BCUT2D eigenvalue weighted by atomic mass is 16.8. The maximum atomic E-state index is 11.5. The van der Waals surface area contributed by atoms with E-state index in [9.17, 15) is 4.79 Å². The summed E-state index contributed by atoms with van der Waals surface area (Å²) in [5, 5.41) is 0. The average Bonchev–Trinajstić information content (AvgIpc) is 3.18. The molecule has 6 aliphatic rings. The molecule has 5 heteroatoms. The third kappa shape index (κ3) is 2.27. The molecule has 30 heavy (non-hydrogen) atoms. The highest BCUT2D eigenvalue weighted by Crippen LogP contribution is 2.76. The van der Waals surface area contributed by atoms with Crippen LogP contribution in [0.1, 0.15) is 72.6 Å².